The van der Waals surface area contributed by atoms with Gasteiger partial charge in [0.25, 0.3) is 5.91 Å². The van der Waals surface area contributed by atoms with Crippen LogP contribution in [-0.4, -0.2) is 34.9 Å². The summed E-state index contributed by atoms with van der Waals surface area (Å²) in [5.41, 5.74) is 1.53. The molecule has 1 aromatic heterocycles. The molecule has 1 aliphatic rings. The molecule has 0 unspecified atom stereocenters. The Morgan fingerprint density at radius 2 is 1.76 bits per heavy atom. The first kappa shape index (κ1) is 19.7. The predicted molar refractivity (Wildman–Crippen MR) is 110 cm³/mol. The molecule has 29 heavy (non-hydrogen) atoms. The second-order valence-corrected chi connectivity index (χ2v) is 7.99. The van der Waals surface area contributed by atoms with Gasteiger partial charge in [-0.05, 0) is 37.1 Å². The van der Waals surface area contributed by atoms with Crippen molar-refractivity contribution < 1.29 is 13.6 Å². The number of halogens is 2. The minimum Gasteiger partial charge on any atom is -0.349 e. The molecule has 0 bridgehead atoms. The monoisotopic (exact) mass is 413 g/mol. The third-order valence-corrected chi connectivity index (χ3v) is 6.01. The number of thiazole rings is 1. The molecule has 2 heterocycles. The van der Waals surface area contributed by atoms with Crippen LogP contribution in [0.4, 0.5) is 8.78 Å². The van der Waals surface area contributed by atoms with Crippen molar-refractivity contribution >= 4 is 17.2 Å². The fourth-order valence-corrected chi connectivity index (χ4v) is 4.35. The number of aromatic nitrogens is 1. The molecule has 1 saturated heterocycles. The summed E-state index contributed by atoms with van der Waals surface area (Å²) in [5, 5.41) is 5.58. The van der Waals surface area contributed by atoms with Crippen LogP contribution in [0, 0.1) is 11.6 Å². The van der Waals surface area contributed by atoms with E-state index in [-0.39, 0.29) is 23.3 Å². The SMILES string of the molecule is O=C(NC1CCN(Cc2csc(-c3ccccc3F)n2)CC1)c1ccccc1F. The lowest BCUT2D eigenvalue weighted by Gasteiger charge is -2.31. The number of piperidine rings is 1. The van der Waals surface area contributed by atoms with Gasteiger partial charge < -0.3 is 5.32 Å². The molecule has 0 radical (unpaired) electrons. The number of carbonyl (C=O) groups excluding carboxylic acids is 1. The smallest absolute Gasteiger partial charge is 0.254 e. The first-order valence-corrected chi connectivity index (χ1v) is 10.4. The Morgan fingerprint density at radius 1 is 1.07 bits per heavy atom. The van der Waals surface area contributed by atoms with Crippen molar-refractivity contribution in [1.82, 2.24) is 15.2 Å². The van der Waals surface area contributed by atoms with Crippen molar-refractivity contribution in [1.29, 1.82) is 0 Å². The molecule has 7 heteroatoms. The molecular weight excluding hydrogens is 392 g/mol. The van der Waals surface area contributed by atoms with Crippen LogP contribution in [0.5, 0.6) is 0 Å². The summed E-state index contributed by atoms with van der Waals surface area (Å²) in [5.74, 6) is -1.13. The van der Waals surface area contributed by atoms with Gasteiger partial charge in [-0.1, -0.05) is 24.3 Å². The van der Waals surface area contributed by atoms with Crippen molar-refractivity contribution in [2.24, 2.45) is 0 Å². The Labute approximate surface area is 172 Å². The molecule has 0 spiro atoms. The third-order valence-electron chi connectivity index (χ3n) is 5.08. The van der Waals surface area contributed by atoms with Gasteiger partial charge in [0, 0.05) is 36.6 Å². The van der Waals surface area contributed by atoms with Gasteiger partial charge in [-0.25, -0.2) is 13.8 Å². The lowest BCUT2D eigenvalue weighted by molar-refractivity contribution is 0.0904. The van der Waals surface area contributed by atoms with Crippen LogP contribution in [0.3, 0.4) is 0 Å². The standard InChI is InChI=1S/C22H21F2N3OS/c23-19-7-3-1-5-17(19)21(28)25-15-9-11-27(12-10-15)13-16-14-29-22(26-16)18-6-2-4-8-20(18)24/h1-8,14-15H,9-13H2,(H,25,28). The van der Waals surface area contributed by atoms with Crippen LogP contribution >= 0.6 is 11.3 Å². The summed E-state index contributed by atoms with van der Waals surface area (Å²) < 4.78 is 27.7. The van der Waals surface area contributed by atoms with Gasteiger partial charge in [0.1, 0.15) is 16.6 Å². The summed E-state index contributed by atoms with van der Waals surface area (Å²) in [4.78, 5) is 19.1. The minimum atomic E-state index is -0.503. The van der Waals surface area contributed by atoms with Gasteiger partial charge >= 0.3 is 0 Å². The molecule has 2 aromatic carbocycles. The van der Waals surface area contributed by atoms with Crippen LogP contribution < -0.4 is 5.32 Å². The number of carbonyl (C=O) groups is 1. The maximum atomic E-state index is 13.9. The maximum absolute atomic E-state index is 13.9. The first-order chi connectivity index (χ1) is 14.1. The molecule has 1 aliphatic heterocycles. The first-order valence-electron chi connectivity index (χ1n) is 9.57. The molecule has 0 saturated carbocycles. The van der Waals surface area contributed by atoms with E-state index in [9.17, 15) is 13.6 Å². The van der Waals surface area contributed by atoms with Crippen molar-refractivity contribution in [2.75, 3.05) is 13.1 Å². The van der Waals surface area contributed by atoms with E-state index < -0.39 is 5.82 Å². The van der Waals surface area contributed by atoms with Crippen LogP contribution in [0.2, 0.25) is 0 Å². The van der Waals surface area contributed by atoms with Gasteiger partial charge in [0.2, 0.25) is 0 Å². The molecule has 0 atom stereocenters. The molecule has 1 N–H and O–H groups in total. The summed E-state index contributed by atoms with van der Waals surface area (Å²) >= 11 is 1.44. The average molecular weight is 413 g/mol. The molecule has 4 nitrogen and oxygen atoms in total. The van der Waals surface area contributed by atoms with Crippen molar-refractivity contribution in [3.8, 4) is 10.6 Å². The van der Waals surface area contributed by atoms with Crippen LogP contribution in [-0.2, 0) is 6.54 Å². The number of rotatable bonds is 5. The summed E-state index contributed by atoms with van der Waals surface area (Å²) in [7, 11) is 0. The summed E-state index contributed by atoms with van der Waals surface area (Å²) in [6.07, 6.45) is 1.59. The van der Waals surface area contributed by atoms with E-state index in [2.05, 4.69) is 15.2 Å². The van der Waals surface area contributed by atoms with Gasteiger partial charge in [0.15, 0.2) is 0 Å². The Kier molecular flexibility index (Phi) is 5.97. The van der Waals surface area contributed by atoms with Crippen molar-refractivity contribution in [2.45, 2.75) is 25.4 Å². The van der Waals surface area contributed by atoms with E-state index in [1.165, 1.54) is 29.5 Å². The number of amides is 1. The highest BCUT2D eigenvalue weighted by molar-refractivity contribution is 7.13. The lowest BCUT2D eigenvalue weighted by atomic mass is 10.0. The average Bonchev–Trinajstić information content (AvgIpc) is 3.18. The number of benzene rings is 2. The zero-order chi connectivity index (χ0) is 20.2. The Bertz CT molecular complexity index is 999. The molecule has 1 amide bonds. The van der Waals surface area contributed by atoms with Crippen molar-refractivity contribution in [3.63, 3.8) is 0 Å². The van der Waals surface area contributed by atoms with Gasteiger partial charge in [0.05, 0.1) is 11.3 Å². The van der Waals surface area contributed by atoms with E-state index in [0.29, 0.717) is 17.1 Å². The molecule has 0 aliphatic carbocycles. The number of nitrogens with zero attached hydrogens (tertiary/aromatic N) is 2. The molecule has 150 valence electrons. The van der Waals surface area contributed by atoms with E-state index in [1.807, 2.05) is 5.38 Å². The highest BCUT2D eigenvalue weighted by atomic mass is 32.1. The Morgan fingerprint density at radius 3 is 2.48 bits per heavy atom. The van der Waals surface area contributed by atoms with Gasteiger partial charge in [-0.15, -0.1) is 11.3 Å². The topological polar surface area (TPSA) is 45.2 Å². The van der Waals surface area contributed by atoms with E-state index >= 15 is 0 Å². The van der Waals surface area contributed by atoms with Crippen LogP contribution in [0.25, 0.3) is 10.6 Å². The number of hydrogen-bond donors (Lipinski definition) is 1. The molecule has 1 fully saturated rings. The number of likely N-dealkylation sites (tertiary alicyclic amines) is 1. The maximum Gasteiger partial charge on any atom is 0.254 e. The van der Waals surface area contributed by atoms with E-state index in [1.54, 1.807) is 30.3 Å². The van der Waals surface area contributed by atoms with Crippen LogP contribution in [0.1, 0.15) is 28.9 Å². The third kappa shape index (κ3) is 4.68. The fourth-order valence-electron chi connectivity index (χ4n) is 3.51. The zero-order valence-electron chi connectivity index (χ0n) is 15.8. The largest absolute Gasteiger partial charge is 0.349 e. The summed E-state index contributed by atoms with van der Waals surface area (Å²) in [6, 6.07) is 12.7. The quantitative estimate of drug-likeness (QED) is 0.671. The second kappa shape index (κ2) is 8.80. The normalized spacial score (nSPS) is 15.4. The van der Waals surface area contributed by atoms with Gasteiger partial charge in [-0.2, -0.15) is 0 Å². The molecular formula is C22H21F2N3OS. The lowest BCUT2D eigenvalue weighted by Crippen LogP contribution is -2.44. The summed E-state index contributed by atoms with van der Waals surface area (Å²) in [6.45, 7) is 2.32. The zero-order valence-corrected chi connectivity index (χ0v) is 16.6. The highest BCUT2D eigenvalue weighted by Gasteiger charge is 2.23. The van der Waals surface area contributed by atoms with Crippen LogP contribution in [0.15, 0.2) is 53.9 Å². The van der Waals surface area contributed by atoms with E-state index in [0.717, 1.165) is 31.6 Å². The Hall–Kier alpha value is -2.64. The fraction of sp³-hybridized carbons (Fsp3) is 0.273. The Balaban J connectivity index is 1.30. The molecule has 4 rings (SSSR count). The predicted octanol–water partition coefficient (Wildman–Crippen LogP) is 4.48. The van der Waals surface area contributed by atoms with Gasteiger partial charge in [-0.3, -0.25) is 9.69 Å². The highest BCUT2D eigenvalue weighted by Crippen LogP contribution is 2.27. The second-order valence-electron chi connectivity index (χ2n) is 7.13. The van der Waals surface area contributed by atoms with Crippen molar-refractivity contribution in [3.05, 3.63) is 76.8 Å². The number of hydrogen-bond acceptors (Lipinski definition) is 4. The van der Waals surface area contributed by atoms with E-state index in [4.69, 9.17) is 0 Å². The number of nitrogens with one attached hydrogen (secondary N) is 1. The molecule has 3 aromatic rings. The minimum absolute atomic E-state index is 0.0303.